The van der Waals surface area contributed by atoms with E-state index in [4.69, 9.17) is 14.4 Å². The predicted octanol–water partition coefficient (Wildman–Crippen LogP) is 14.8. The van der Waals surface area contributed by atoms with Gasteiger partial charge >= 0.3 is 0 Å². The smallest absolute Gasteiger partial charge is 0.160 e. The van der Waals surface area contributed by atoms with Crippen LogP contribution in [0.5, 0.6) is 0 Å². The van der Waals surface area contributed by atoms with Gasteiger partial charge in [-0.3, -0.25) is 0 Å². The minimum Gasteiger partial charge on any atom is -0.456 e. The monoisotopic (exact) mass is 801 g/mol. The lowest BCUT2D eigenvalue weighted by atomic mass is 9.70. The van der Waals surface area contributed by atoms with E-state index < -0.39 is 5.41 Å². The van der Waals surface area contributed by atoms with E-state index in [2.05, 4.69) is 199 Å². The van der Waals surface area contributed by atoms with Crippen molar-refractivity contribution in [2.75, 3.05) is 0 Å². The van der Waals surface area contributed by atoms with Gasteiger partial charge in [-0.15, -0.1) is 0 Å². The van der Waals surface area contributed by atoms with Crippen molar-refractivity contribution in [2.45, 2.75) is 5.41 Å². The quantitative estimate of drug-likeness (QED) is 0.178. The summed E-state index contributed by atoms with van der Waals surface area (Å²) >= 11 is 0. The first-order valence-corrected chi connectivity index (χ1v) is 21.6. The number of furan rings is 1. The minimum atomic E-state index is -0.424. The molecule has 0 saturated carbocycles. The van der Waals surface area contributed by atoms with Crippen molar-refractivity contribution in [3.8, 4) is 61.8 Å². The first-order valence-electron chi connectivity index (χ1n) is 21.6. The highest BCUT2D eigenvalue weighted by atomic mass is 16.3. The van der Waals surface area contributed by atoms with E-state index >= 15 is 0 Å². The van der Waals surface area contributed by atoms with Gasteiger partial charge in [0.1, 0.15) is 11.2 Å². The van der Waals surface area contributed by atoms with Crippen molar-refractivity contribution in [1.29, 1.82) is 0 Å². The SMILES string of the molecule is c1ccc(-c2cc(-c3ccc4c(c3)oc3ccccc34)nc(-c3ccc(-n4c5ccccc5c5ccc6c(c54)-c4ccccc4C64c5ccccc5-c5ccccc54)cc3)n2)cc1. The van der Waals surface area contributed by atoms with E-state index in [9.17, 15) is 0 Å². The third kappa shape index (κ3) is 4.69. The Hall–Kier alpha value is -8.34. The molecule has 0 atom stereocenters. The Morgan fingerprint density at radius 1 is 0.381 bits per heavy atom. The van der Waals surface area contributed by atoms with Gasteiger partial charge in [0.25, 0.3) is 0 Å². The van der Waals surface area contributed by atoms with E-state index in [0.717, 1.165) is 55.7 Å². The summed E-state index contributed by atoms with van der Waals surface area (Å²) in [6.07, 6.45) is 0. The molecule has 3 aromatic heterocycles. The summed E-state index contributed by atoms with van der Waals surface area (Å²) in [6, 6.07) is 76.5. The average Bonchev–Trinajstić information content (AvgIpc) is 4.08. The topological polar surface area (TPSA) is 43.9 Å². The van der Waals surface area contributed by atoms with Gasteiger partial charge in [-0.25, -0.2) is 9.97 Å². The Balaban J connectivity index is 0.966. The van der Waals surface area contributed by atoms with Crippen LogP contribution in [0.1, 0.15) is 22.3 Å². The molecule has 0 saturated heterocycles. The van der Waals surface area contributed by atoms with Crippen LogP contribution < -0.4 is 0 Å². The first kappa shape index (κ1) is 34.4. The molecule has 0 amide bonds. The number of hydrogen-bond donors (Lipinski definition) is 0. The van der Waals surface area contributed by atoms with Crippen molar-refractivity contribution in [2.24, 2.45) is 0 Å². The third-order valence-corrected chi connectivity index (χ3v) is 13.6. The Morgan fingerprint density at radius 3 is 1.71 bits per heavy atom. The number of nitrogens with zero attached hydrogens (tertiary/aromatic N) is 3. The Labute approximate surface area is 363 Å². The molecule has 2 aliphatic rings. The maximum Gasteiger partial charge on any atom is 0.160 e. The van der Waals surface area contributed by atoms with Crippen LogP contribution in [0.4, 0.5) is 0 Å². The number of hydrogen-bond acceptors (Lipinski definition) is 3. The number of rotatable bonds is 4. The molecule has 4 heteroatoms. The molecular weight excluding hydrogens is 767 g/mol. The van der Waals surface area contributed by atoms with Gasteiger partial charge in [-0.05, 0) is 93.5 Å². The molecule has 1 spiro atoms. The molecule has 2 aliphatic carbocycles. The molecule has 0 radical (unpaired) electrons. The van der Waals surface area contributed by atoms with Gasteiger partial charge in [-0.2, -0.15) is 0 Å². The van der Waals surface area contributed by atoms with Crippen molar-refractivity contribution < 1.29 is 4.42 Å². The van der Waals surface area contributed by atoms with Gasteiger partial charge in [0.2, 0.25) is 0 Å². The molecule has 63 heavy (non-hydrogen) atoms. The van der Waals surface area contributed by atoms with Crippen LogP contribution in [0, 0.1) is 0 Å². The van der Waals surface area contributed by atoms with Crippen LogP contribution >= 0.6 is 0 Å². The molecule has 0 fully saturated rings. The normalized spacial score (nSPS) is 13.2. The maximum atomic E-state index is 6.31. The van der Waals surface area contributed by atoms with Crippen molar-refractivity contribution >= 4 is 43.7 Å². The van der Waals surface area contributed by atoms with Gasteiger partial charge in [-0.1, -0.05) is 158 Å². The molecule has 0 aliphatic heterocycles. The highest BCUT2D eigenvalue weighted by molar-refractivity contribution is 6.16. The van der Waals surface area contributed by atoms with Gasteiger partial charge in [0.15, 0.2) is 5.82 Å². The predicted molar refractivity (Wildman–Crippen MR) is 256 cm³/mol. The second-order valence-corrected chi connectivity index (χ2v) is 16.8. The number of fused-ring (bicyclic) bond motifs is 17. The Bertz CT molecular complexity index is 3810. The molecule has 0 bridgehead atoms. The summed E-state index contributed by atoms with van der Waals surface area (Å²) in [7, 11) is 0. The standard InChI is InChI=1S/C59H35N3O/c1-2-14-36(15-3-1)51-35-52(38-28-31-44-43-19-8-13-25-54(43)63-55(44)34-38)61-58(60-51)37-26-29-39(30-27-37)62-53-24-12-7-18-42(53)45-32-33-50-56(57(45)62)46-20-6-11-23-49(46)59(50)47-21-9-4-16-40(47)41-17-5-10-22-48(41)59/h1-35H. The van der Waals surface area contributed by atoms with Crippen LogP contribution in [-0.4, -0.2) is 14.5 Å². The van der Waals surface area contributed by atoms with E-state index in [1.54, 1.807) is 0 Å². The van der Waals surface area contributed by atoms with E-state index in [1.807, 2.05) is 18.2 Å². The Morgan fingerprint density at radius 2 is 0.952 bits per heavy atom. The van der Waals surface area contributed by atoms with Gasteiger partial charge in [0.05, 0.1) is 27.8 Å². The first-order chi connectivity index (χ1) is 31.2. The van der Waals surface area contributed by atoms with E-state index in [0.29, 0.717) is 5.82 Å². The molecular formula is C59H35N3O. The Kier molecular flexibility index (Phi) is 7.01. The molecule has 292 valence electrons. The average molecular weight is 802 g/mol. The summed E-state index contributed by atoms with van der Waals surface area (Å²) in [4.78, 5) is 10.4. The fourth-order valence-electron chi connectivity index (χ4n) is 11.0. The van der Waals surface area contributed by atoms with E-state index in [1.165, 1.54) is 66.3 Å². The zero-order valence-electron chi connectivity index (χ0n) is 34.0. The summed E-state index contributed by atoms with van der Waals surface area (Å²) in [5.41, 5.74) is 20.0. The van der Waals surface area contributed by atoms with Crippen LogP contribution in [0.2, 0.25) is 0 Å². The molecule has 0 unspecified atom stereocenters. The second kappa shape index (κ2) is 12.8. The largest absolute Gasteiger partial charge is 0.456 e. The van der Waals surface area contributed by atoms with Crippen LogP contribution in [-0.2, 0) is 5.41 Å². The van der Waals surface area contributed by atoms with Crippen LogP contribution in [0.15, 0.2) is 217 Å². The zero-order chi connectivity index (χ0) is 41.2. The molecule has 9 aromatic carbocycles. The minimum absolute atomic E-state index is 0.424. The summed E-state index contributed by atoms with van der Waals surface area (Å²) in [5, 5.41) is 4.67. The molecule has 12 aromatic rings. The lowest BCUT2D eigenvalue weighted by Gasteiger charge is -2.30. The summed E-state index contributed by atoms with van der Waals surface area (Å²) < 4.78 is 8.79. The van der Waals surface area contributed by atoms with Crippen LogP contribution in [0.3, 0.4) is 0 Å². The highest BCUT2D eigenvalue weighted by Crippen LogP contribution is 2.64. The lowest BCUT2D eigenvalue weighted by molar-refractivity contribution is 0.669. The third-order valence-electron chi connectivity index (χ3n) is 13.6. The van der Waals surface area contributed by atoms with E-state index in [-0.39, 0.29) is 0 Å². The van der Waals surface area contributed by atoms with Crippen LogP contribution in [0.25, 0.3) is 106 Å². The fraction of sp³-hybridized carbons (Fsp3) is 0.0169. The van der Waals surface area contributed by atoms with Crippen molar-refractivity contribution in [1.82, 2.24) is 14.5 Å². The zero-order valence-corrected chi connectivity index (χ0v) is 34.0. The van der Waals surface area contributed by atoms with Crippen molar-refractivity contribution in [3.05, 3.63) is 235 Å². The summed E-state index contributed by atoms with van der Waals surface area (Å²) in [5.74, 6) is 0.667. The molecule has 3 heterocycles. The number of aromatic nitrogens is 3. The second-order valence-electron chi connectivity index (χ2n) is 16.8. The van der Waals surface area contributed by atoms with Gasteiger partial charge < -0.3 is 8.98 Å². The number of para-hydroxylation sites is 2. The molecule has 0 N–H and O–H groups in total. The highest BCUT2D eigenvalue weighted by Gasteiger charge is 2.52. The number of benzene rings is 9. The maximum absolute atomic E-state index is 6.31. The fourth-order valence-corrected chi connectivity index (χ4v) is 11.0. The van der Waals surface area contributed by atoms with Crippen molar-refractivity contribution in [3.63, 3.8) is 0 Å². The lowest BCUT2D eigenvalue weighted by Crippen LogP contribution is -2.25. The molecule has 4 nitrogen and oxygen atoms in total. The van der Waals surface area contributed by atoms with Gasteiger partial charge in [0, 0.05) is 49.5 Å². The summed E-state index contributed by atoms with van der Waals surface area (Å²) in [6.45, 7) is 0. The molecule has 14 rings (SSSR count).